The van der Waals surface area contributed by atoms with Crippen molar-refractivity contribution in [1.82, 2.24) is 14.7 Å². The smallest absolute Gasteiger partial charge is 0.236 e. The Hall–Kier alpha value is -2.64. The van der Waals surface area contributed by atoms with Crippen molar-refractivity contribution in [2.45, 2.75) is 45.4 Å². The Labute approximate surface area is 189 Å². The van der Waals surface area contributed by atoms with Crippen molar-refractivity contribution in [3.05, 3.63) is 59.5 Å². The molecule has 1 atom stereocenters. The van der Waals surface area contributed by atoms with Crippen LogP contribution in [0.4, 0.5) is 0 Å². The first-order valence-corrected chi connectivity index (χ1v) is 11.6. The van der Waals surface area contributed by atoms with Gasteiger partial charge >= 0.3 is 0 Å². The standard InChI is InChI=1S/C25H33N3O4/c1-20-10-11-22(32-20)15-26-16-23(31-19-21-7-3-2-4-8-21)17-28(25(30)18-26)14-6-13-27-12-5-9-24(27)29/h2-4,7-8,10-11,23H,5-6,9,12-19H2,1H3/t23-/m0/s1. The maximum absolute atomic E-state index is 13.0. The lowest BCUT2D eigenvalue weighted by Crippen LogP contribution is -2.39. The number of carbonyl (C=O) groups is 2. The van der Waals surface area contributed by atoms with Gasteiger partial charge in [0.25, 0.3) is 0 Å². The van der Waals surface area contributed by atoms with E-state index in [0.29, 0.717) is 52.3 Å². The molecule has 2 saturated heterocycles. The SMILES string of the molecule is Cc1ccc(CN2CC(=O)N(CCCN3CCCC3=O)C[C@@H](OCc3ccccc3)C2)o1. The summed E-state index contributed by atoms with van der Waals surface area (Å²) >= 11 is 0. The van der Waals surface area contributed by atoms with Gasteiger partial charge in [-0.1, -0.05) is 30.3 Å². The molecule has 1 aromatic carbocycles. The molecular formula is C25H33N3O4. The van der Waals surface area contributed by atoms with Crippen LogP contribution < -0.4 is 0 Å². The molecule has 0 saturated carbocycles. The zero-order chi connectivity index (χ0) is 22.3. The summed E-state index contributed by atoms with van der Waals surface area (Å²) in [6.45, 7) is 6.79. The monoisotopic (exact) mass is 439 g/mol. The zero-order valence-corrected chi connectivity index (χ0v) is 18.9. The van der Waals surface area contributed by atoms with Crippen LogP contribution in [0.5, 0.6) is 0 Å². The Morgan fingerprint density at radius 1 is 1.00 bits per heavy atom. The molecule has 7 nitrogen and oxygen atoms in total. The third kappa shape index (κ3) is 6.20. The van der Waals surface area contributed by atoms with Gasteiger partial charge in [-0.05, 0) is 37.5 Å². The molecule has 0 spiro atoms. The van der Waals surface area contributed by atoms with Gasteiger partial charge in [-0.2, -0.15) is 0 Å². The normalized spacial score (nSPS) is 20.2. The quantitative estimate of drug-likeness (QED) is 0.601. The van der Waals surface area contributed by atoms with Crippen LogP contribution in [0.3, 0.4) is 0 Å². The summed E-state index contributed by atoms with van der Waals surface area (Å²) in [5, 5.41) is 0. The Kier molecular flexibility index (Phi) is 7.60. The first-order chi connectivity index (χ1) is 15.6. The number of furan rings is 1. The second-order valence-electron chi connectivity index (χ2n) is 8.78. The van der Waals surface area contributed by atoms with E-state index in [-0.39, 0.29) is 17.9 Å². The van der Waals surface area contributed by atoms with Crippen LogP contribution in [0, 0.1) is 6.92 Å². The predicted octanol–water partition coefficient (Wildman–Crippen LogP) is 2.83. The highest BCUT2D eigenvalue weighted by atomic mass is 16.5. The van der Waals surface area contributed by atoms with Crippen LogP contribution in [0.2, 0.25) is 0 Å². The van der Waals surface area contributed by atoms with Crippen LogP contribution in [-0.4, -0.2) is 71.9 Å². The number of benzene rings is 1. The minimum atomic E-state index is -0.0915. The highest BCUT2D eigenvalue weighted by molar-refractivity contribution is 5.79. The third-order valence-corrected chi connectivity index (χ3v) is 6.13. The van der Waals surface area contributed by atoms with Crippen molar-refractivity contribution in [2.75, 3.05) is 39.3 Å². The van der Waals surface area contributed by atoms with Crippen LogP contribution >= 0.6 is 0 Å². The highest BCUT2D eigenvalue weighted by Gasteiger charge is 2.29. The Morgan fingerprint density at radius 2 is 1.81 bits per heavy atom. The fourth-order valence-corrected chi connectivity index (χ4v) is 4.46. The first-order valence-electron chi connectivity index (χ1n) is 11.6. The van der Waals surface area contributed by atoms with E-state index in [2.05, 4.69) is 17.0 Å². The van der Waals surface area contributed by atoms with Crippen LogP contribution in [-0.2, 0) is 27.5 Å². The molecule has 7 heteroatoms. The van der Waals surface area contributed by atoms with E-state index < -0.39 is 0 Å². The number of carbonyl (C=O) groups excluding carboxylic acids is 2. The van der Waals surface area contributed by atoms with Gasteiger partial charge in [0, 0.05) is 39.1 Å². The summed E-state index contributed by atoms with van der Waals surface area (Å²) < 4.78 is 12.0. The molecule has 0 unspecified atom stereocenters. The number of nitrogens with zero attached hydrogens (tertiary/aromatic N) is 3. The molecule has 1 aromatic heterocycles. The molecular weight excluding hydrogens is 406 g/mol. The minimum absolute atomic E-state index is 0.0915. The lowest BCUT2D eigenvalue weighted by Gasteiger charge is -2.25. The van der Waals surface area contributed by atoms with Crippen molar-refractivity contribution in [3.63, 3.8) is 0 Å². The van der Waals surface area contributed by atoms with Crippen molar-refractivity contribution >= 4 is 11.8 Å². The van der Waals surface area contributed by atoms with E-state index >= 15 is 0 Å². The molecule has 4 rings (SSSR count). The second-order valence-corrected chi connectivity index (χ2v) is 8.78. The zero-order valence-electron chi connectivity index (χ0n) is 18.9. The van der Waals surface area contributed by atoms with Gasteiger partial charge in [0.2, 0.25) is 11.8 Å². The predicted molar refractivity (Wildman–Crippen MR) is 121 cm³/mol. The summed E-state index contributed by atoms with van der Waals surface area (Å²) in [4.78, 5) is 30.9. The van der Waals surface area contributed by atoms with E-state index in [0.717, 1.165) is 36.5 Å². The summed E-state index contributed by atoms with van der Waals surface area (Å²) in [7, 11) is 0. The number of ether oxygens (including phenoxy) is 1. The van der Waals surface area contributed by atoms with Gasteiger partial charge in [0.05, 0.1) is 25.8 Å². The molecule has 2 aromatic rings. The molecule has 0 bridgehead atoms. The third-order valence-electron chi connectivity index (χ3n) is 6.13. The largest absolute Gasteiger partial charge is 0.465 e. The molecule has 2 aliphatic rings. The summed E-state index contributed by atoms with van der Waals surface area (Å²) in [5.41, 5.74) is 1.12. The minimum Gasteiger partial charge on any atom is -0.465 e. The summed E-state index contributed by atoms with van der Waals surface area (Å²) in [5.74, 6) is 2.07. The summed E-state index contributed by atoms with van der Waals surface area (Å²) in [6.07, 6.45) is 2.29. The fourth-order valence-electron chi connectivity index (χ4n) is 4.46. The number of likely N-dealkylation sites (tertiary alicyclic amines) is 1. The van der Waals surface area contributed by atoms with E-state index in [1.165, 1.54) is 0 Å². The van der Waals surface area contributed by atoms with Crippen molar-refractivity contribution in [1.29, 1.82) is 0 Å². The maximum atomic E-state index is 13.0. The van der Waals surface area contributed by atoms with Gasteiger partial charge in [-0.3, -0.25) is 14.5 Å². The number of amides is 2. The average molecular weight is 440 g/mol. The van der Waals surface area contributed by atoms with E-state index in [1.807, 2.05) is 47.1 Å². The molecule has 3 heterocycles. The van der Waals surface area contributed by atoms with Gasteiger partial charge < -0.3 is 19.0 Å². The molecule has 2 amide bonds. The average Bonchev–Trinajstić information content (AvgIpc) is 3.35. The van der Waals surface area contributed by atoms with E-state index in [9.17, 15) is 9.59 Å². The van der Waals surface area contributed by atoms with Gasteiger partial charge in [-0.25, -0.2) is 0 Å². The molecule has 172 valence electrons. The van der Waals surface area contributed by atoms with Gasteiger partial charge in [-0.15, -0.1) is 0 Å². The number of aryl methyl sites for hydroxylation is 1. The first kappa shape index (κ1) is 22.6. The topological polar surface area (TPSA) is 66.2 Å². The second kappa shape index (κ2) is 10.8. The molecule has 0 radical (unpaired) electrons. The maximum Gasteiger partial charge on any atom is 0.236 e. The molecule has 32 heavy (non-hydrogen) atoms. The lowest BCUT2D eigenvalue weighted by molar-refractivity contribution is -0.132. The van der Waals surface area contributed by atoms with Crippen molar-refractivity contribution in [3.8, 4) is 0 Å². The molecule has 2 aliphatic heterocycles. The van der Waals surface area contributed by atoms with E-state index in [1.54, 1.807) is 0 Å². The van der Waals surface area contributed by atoms with Crippen LogP contribution in [0.25, 0.3) is 0 Å². The Bertz CT molecular complexity index is 898. The van der Waals surface area contributed by atoms with Crippen LogP contribution in [0.1, 0.15) is 36.3 Å². The number of rotatable bonds is 9. The molecule has 2 fully saturated rings. The Morgan fingerprint density at radius 3 is 2.53 bits per heavy atom. The molecule has 0 aliphatic carbocycles. The van der Waals surface area contributed by atoms with Crippen molar-refractivity contribution < 1.29 is 18.7 Å². The summed E-state index contributed by atoms with van der Waals surface area (Å²) in [6, 6.07) is 14.0. The number of hydrogen-bond acceptors (Lipinski definition) is 5. The molecule has 0 N–H and O–H groups in total. The van der Waals surface area contributed by atoms with Gasteiger partial charge in [0.1, 0.15) is 11.5 Å². The highest BCUT2D eigenvalue weighted by Crippen LogP contribution is 2.16. The van der Waals surface area contributed by atoms with E-state index in [4.69, 9.17) is 9.15 Å². The van der Waals surface area contributed by atoms with Crippen molar-refractivity contribution in [2.24, 2.45) is 0 Å². The number of hydrogen-bond donors (Lipinski definition) is 0. The lowest BCUT2D eigenvalue weighted by atomic mass is 10.2. The van der Waals surface area contributed by atoms with Crippen LogP contribution in [0.15, 0.2) is 46.9 Å². The fraction of sp³-hybridized carbons (Fsp3) is 0.520. The van der Waals surface area contributed by atoms with Gasteiger partial charge in [0.15, 0.2) is 0 Å². The Balaban J connectivity index is 1.38.